The summed E-state index contributed by atoms with van der Waals surface area (Å²) in [5.74, 6) is 1.99. The molecule has 0 bridgehead atoms. The highest BCUT2D eigenvalue weighted by Crippen LogP contribution is 2.26. The average Bonchev–Trinajstić information content (AvgIpc) is 2.30. The lowest BCUT2D eigenvalue weighted by Gasteiger charge is -2.22. The number of nitrogens with zero attached hydrogens (tertiary/aromatic N) is 2. The Balaban J connectivity index is 0.00000256. The van der Waals surface area contributed by atoms with E-state index in [0.29, 0.717) is 0 Å². The molecule has 0 unspecified atom stereocenters. The molecule has 0 amide bonds. The summed E-state index contributed by atoms with van der Waals surface area (Å²) >= 11 is 0. The third kappa shape index (κ3) is 7.11. The fourth-order valence-corrected chi connectivity index (χ4v) is 2.50. The summed E-state index contributed by atoms with van der Waals surface area (Å²) in [6.45, 7) is 1.06. The Morgan fingerprint density at radius 1 is 1.24 bits per heavy atom. The van der Waals surface area contributed by atoms with Crippen LogP contribution in [0.25, 0.3) is 0 Å². The van der Waals surface area contributed by atoms with Gasteiger partial charge in [0.25, 0.3) is 0 Å². The molecule has 0 aromatic heterocycles. The Bertz CT molecular complexity index is 211. The molecule has 1 saturated carbocycles. The lowest BCUT2D eigenvalue weighted by molar-refractivity contribution is 0.332. The quantitative estimate of drug-likeness (QED) is 0.364. The molecule has 3 nitrogen and oxygen atoms in total. The highest BCUT2D eigenvalue weighted by molar-refractivity contribution is 14.0. The molecule has 0 aromatic rings. The van der Waals surface area contributed by atoms with Crippen LogP contribution in [0.15, 0.2) is 4.99 Å². The maximum Gasteiger partial charge on any atom is 0.193 e. The largest absolute Gasteiger partial charge is 0.356 e. The number of hydrogen-bond acceptors (Lipinski definition) is 1. The second-order valence-electron chi connectivity index (χ2n) is 5.01. The molecule has 1 aliphatic rings. The number of nitrogens with one attached hydrogen (secondary N) is 1. The highest BCUT2D eigenvalue weighted by atomic mass is 127. The molecular weight excluding hydrogens is 325 g/mol. The van der Waals surface area contributed by atoms with E-state index in [-0.39, 0.29) is 24.0 Å². The van der Waals surface area contributed by atoms with E-state index in [1.807, 2.05) is 26.0 Å². The van der Waals surface area contributed by atoms with Gasteiger partial charge in [0.1, 0.15) is 0 Å². The van der Waals surface area contributed by atoms with Crippen LogP contribution in [-0.2, 0) is 0 Å². The molecule has 0 atom stereocenters. The lowest BCUT2D eigenvalue weighted by atomic mass is 9.86. The fraction of sp³-hybridized carbons (Fsp3) is 0.923. The molecule has 4 heteroatoms. The molecular formula is C13H28IN3. The van der Waals surface area contributed by atoms with Crippen molar-refractivity contribution in [3.8, 4) is 0 Å². The maximum absolute atomic E-state index is 4.20. The molecule has 0 heterocycles. The SMILES string of the molecule is CN=C(NCCCC1CCCCC1)N(C)C.I. The van der Waals surface area contributed by atoms with Crippen molar-refractivity contribution in [3.63, 3.8) is 0 Å². The zero-order valence-electron chi connectivity index (χ0n) is 11.5. The van der Waals surface area contributed by atoms with Crippen molar-refractivity contribution in [1.82, 2.24) is 10.2 Å². The third-order valence-corrected chi connectivity index (χ3v) is 3.43. The van der Waals surface area contributed by atoms with Crippen LogP contribution in [0.2, 0.25) is 0 Å². The Labute approximate surface area is 123 Å². The summed E-state index contributed by atoms with van der Waals surface area (Å²) in [5, 5.41) is 3.38. The number of halogens is 1. The van der Waals surface area contributed by atoms with Gasteiger partial charge in [0, 0.05) is 27.7 Å². The summed E-state index contributed by atoms with van der Waals surface area (Å²) in [6.07, 6.45) is 9.96. The molecule has 1 N–H and O–H groups in total. The van der Waals surface area contributed by atoms with Crippen molar-refractivity contribution in [2.75, 3.05) is 27.7 Å². The van der Waals surface area contributed by atoms with Gasteiger partial charge in [-0.05, 0) is 18.8 Å². The maximum atomic E-state index is 4.20. The topological polar surface area (TPSA) is 27.6 Å². The van der Waals surface area contributed by atoms with Crippen molar-refractivity contribution in [3.05, 3.63) is 0 Å². The van der Waals surface area contributed by atoms with Crippen molar-refractivity contribution in [2.45, 2.75) is 44.9 Å². The van der Waals surface area contributed by atoms with Crippen LogP contribution in [0.3, 0.4) is 0 Å². The van der Waals surface area contributed by atoms with Crippen molar-refractivity contribution < 1.29 is 0 Å². The Hall–Kier alpha value is 0. The normalized spacial score (nSPS) is 17.5. The molecule has 0 saturated heterocycles. The van der Waals surface area contributed by atoms with Gasteiger partial charge in [0.2, 0.25) is 0 Å². The number of hydrogen-bond donors (Lipinski definition) is 1. The van der Waals surface area contributed by atoms with E-state index in [0.717, 1.165) is 18.4 Å². The van der Waals surface area contributed by atoms with Gasteiger partial charge in [-0.3, -0.25) is 4.99 Å². The minimum atomic E-state index is 0. The van der Waals surface area contributed by atoms with Crippen LogP contribution in [0, 0.1) is 5.92 Å². The smallest absolute Gasteiger partial charge is 0.193 e. The highest BCUT2D eigenvalue weighted by Gasteiger charge is 2.12. The van der Waals surface area contributed by atoms with Crippen LogP contribution < -0.4 is 5.32 Å². The standard InChI is InChI=1S/C13H27N3.HI/c1-14-13(16(2)3)15-11-7-10-12-8-5-4-6-9-12;/h12H,4-11H2,1-3H3,(H,14,15);1H. The van der Waals surface area contributed by atoms with Gasteiger partial charge in [-0.15, -0.1) is 24.0 Å². The first-order valence-corrected chi connectivity index (χ1v) is 6.62. The van der Waals surface area contributed by atoms with E-state index >= 15 is 0 Å². The number of rotatable bonds is 4. The molecule has 0 aliphatic heterocycles. The van der Waals surface area contributed by atoms with Crippen molar-refractivity contribution >= 4 is 29.9 Å². The molecule has 0 radical (unpaired) electrons. The second kappa shape index (κ2) is 9.97. The molecule has 1 fully saturated rings. The van der Waals surface area contributed by atoms with Gasteiger partial charge in [-0.1, -0.05) is 32.1 Å². The first-order chi connectivity index (χ1) is 7.74. The molecule has 102 valence electrons. The first kappa shape index (κ1) is 17.0. The fourth-order valence-electron chi connectivity index (χ4n) is 2.50. The van der Waals surface area contributed by atoms with Crippen molar-refractivity contribution in [1.29, 1.82) is 0 Å². The predicted octanol–water partition coefficient (Wildman–Crippen LogP) is 3.10. The number of guanidine groups is 1. The number of aliphatic imine (C=N–C) groups is 1. The predicted molar refractivity (Wildman–Crippen MR) is 86.3 cm³/mol. The third-order valence-electron chi connectivity index (χ3n) is 3.43. The van der Waals surface area contributed by atoms with Crippen LogP contribution >= 0.6 is 24.0 Å². The summed E-state index contributed by atoms with van der Waals surface area (Å²) in [7, 11) is 5.89. The van der Waals surface area contributed by atoms with Crippen LogP contribution in [0.5, 0.6) is 0 Å². The molecule has 1 aliphatic carbocycles. The van der Waals surface area contributed by atoms with Crippen LogP contribution in [-0.4, -0.2) is 38.5 Å². The Kier molecular flexibility index (Phi) is 9.97. The van der Waals surface area contributed by atoms with Gasteiger partial charge in [-0.2, -0.15) is 0 Å². The first-order valence-electron chi connectivity index (χ1n) is 6.62. The van der Waals surface area contributed by atoms with Gasteiger partial charge < -0.3 is 10.2 Å². The molecule has 0 aromatic carbocycles. The van der Waals surface area contributed by atoms with E-state index in [9.17, 15) is 0 Å². The summed E-state index contributed by atoms with van der Waals surface area (Å²) < 4.78 is 0. The van der Waals surface area contributed by atoms with Gasteiger partial charge in [0.15, 0.2) is 5.96 Å². The summed E-state index contributed by atoms with van der Waals surface area (Å²) in [6, 6.07) is 0. The van der Waals surface area contributed by atoms with Crippen LogP contribution in [0.4, 0.5) is 0 Å². The van der Waals surface area contributed by atoms with E-state index in [2.05, 4.69) is 10.3 Å². The lowest BCUT2D eigenvalue weighted by Crippen LogP contribution is -2.36. The molecule has 1 rings (SSSR count). The van der Waals surface area contributed by atoms with E-state index in [1.54, 1.807) is 0 Å². The molecule has 0 spiro atoms. The monoisotopic (exact) mass is 353 g/mol. The Morgan fingerprint density at radius 2 is 1.88 bits per heavy atom. The van der Waals surface area contributed by atoms with E-state index in [1.165, 1.54) is 44.9 Å². The Morgan fingerprint density at radius 3 is 2.41 bits per heavy atom. The van der Waals surface area contributed by atoms with Crippen LogP contribution in [0.1, 0.15) is 44.9 Å². The zero-order chi connectivity index (χ0) is 11.8. The van der Waals surface area contributed by atoms with E-state index < -0.39 is 0 Å². The second-order valence-corrected chi connectivity index (χ2v) is 5.01. The summed E-state index contributed by atoms with van der Waals surface area (Å²) in [4.78, 5) is 6.23. The minimum Gasteiger partial charge on any atom is -0.356 e. The summed E-state index contributed by atoms with van der Waals surface area (Å²) in [5.41, 5.74) is 0. The van der Waals surface area contributed by atoms with Gasteiger partial charge >= 0.3 is 0 Å². The minimum absolute atomic E-state index is 0. The zero-order valence-corrected chi connectivity index (χ0v) is 13.9. The van der Waals surface area contributed by atoms with Crippen molar-refractivity contribution in [2.24, 2.45) is 10.9 Å². The van der Waals surface area contributed by atoms with E-state index in [4.69, 9.17) is 0 Å². The van der Waals surface area contributed by atoms with Gasteiger partial charge in [-0.25, -0.2) is 0 Å². The molecule has 17 heavy (non-hydrogen) atoms. The average molecular weight is 353 g/mol. The van der Waals surface area contributed by atoms with Gasteiger partial charge in [0.05, 0.1) is 0 Å².